The van der Waals surface area contributed by atoms with Crippen molar-refractivity contribution in [3.63, 3.8) is 0 Å². The van der Waals surface area contributed by atoms with Gasteiger partial charge in [0.1, 0.15) is 0 Å². The lowest BCUT2D eigenvalue weighted by molar-refractivity contribution is 1.37. The minimum absolute atomic E-state index is 0.800. The third-order valence-corrected chi connectivity index (χ3v) is 2.82. The van der Waals surface area contributed by atoms with Crippen LogP contribution in [0.4, 0.5) is 5.69 Å². The van der Waals surface area contributed by atoms with Crippen molar-refractivity contribution in [2.24, 2.45) is 0 Å². The molecule has 0 fully saturated rings. The maximum absolute atomic E-state index is 5.65. The molecule has 1 nitrogen and oxygen atoms in total. The maximum atomic E-state index is 5.65. The highest BCUT2D eigenvalue weighted by Crippen LogP contribution is 2.15. The molecular weight excluding hydrogens is 206 g/mol. The molecule has 2 aromatic carbocycles. The summed E-state index contributed by atoms with van der Waals surface area (Å²) < 4.78 is 0. The maximum Gasteiger partial charge on any atom is 0.0314 e. The lowest BCUT2D eigenvalue weighted by atomic mass is 10.0. The van der Waals surface area contributed by atoms with Gasteiger partial charge in [0.05, 0.1) is 0 Å². The van der Waals surface area contributed by atoms with Crippen molar-refractivity contribution in [2.45, 2.75) is 13.8 Å². The standard InChI is InChI=1S/C16H17N/c1-12-3-7-15(13(2)11-12)8-4-14-5-9-16(17)10-6-14/h3-11H,17H2,1-2H3. The van der Waals surface area contributed by atoms with Crippen molar-refractivity contribution in [1.82, 2.24) is 0 Å². The predicted molar refractivity (Wildman–Crippen MR) is 75.7 cm³/mol. The summed E-state index contributed by atoms with van der Waals surface area (Å²) in [6, 6.07) is 14.4. The van der Waals surface area contributed by atoms with E-state index < -0.39 is 0 Å². The zero-order valence-corrected chi connectivity index (χ0v) is 10.3. The molecule has 0 radical (unpaired) electrons. The number of nitrogens with two attached hydrogens (primary N) is 1. The first kappa shape index (κ1) is 11.5. The first-order valence-electron chi connectivity index (χ1n) is 5.76. The summed E-state index contributed by atoms with van der Waals surface area (Å²) in [5, 5.41) is 0. The van der Waals surface area contributed by atoms with Gasteiger partial charge < -0.3 is 5.73 Å². The van der Waals surface area contributed by atoms with Gasteiger partial charge in [-0.05, 0) is 42.7 Å². The van der Waals surface area contributed by atoms with E-state index in [-0.39, 0.29) is 0 Å². The second-order valence-electron chi connectivity index (χ2n) is 4.36. The van der Waals surface area contributed by atoms with Crippen molar-refractivity contribution < 1.29 is 0 Å². The zero-order chi connectivity index (χ0) is 12.3. The Balaban J connectivity index is 2.23. The Morgan fingerprint density at radius 1 is 0.882 bits per heavy atom. The Labute approximate surface area is 103 Å². The lowest BCUT2D eigenvalue weighted by Crippen LogP contribution is -1.83. The summed E-state index contributed by atoms with van der Waals surface area (Å²) in [6.45, 7) is 4.25. The van der Waals surface area contributed by atoms with Crippen LogP contribution in [-0.4, -0.2) is 0 Å². The number of rotatable bonds is 2. The molecule has 2 rings (SSSR count). The van der Waals surface area contributed by atoms with Gasteiger partial charge in [-0.25, -0.2) is 0 Å². The minimum atomic E-state index is 0.800. The molecule has 0 aliphatic heterocycles. The molecule has 0 saturated heterocycles. The third kappa shape index (κ3) is 2.97. The van der Waals surface area contributed by atoms with E-state index in [1.54, 1.807) is 0 Å². The van der Waals surface area contributed by atoms with Crippen molar-refractivity contribution in [3.8, 4) is 0 Å². The molecule has 0 saturated carbocycles. The van der Waals surface area contributed by atoms with E-state index in [4.69, 9.17) is 5.73 Å². The number of hydrogen-bond acceptors (Lipinski definition) is 1. The van der Waals surface area contributed by atoms with Gasteiger partial charge in [-0.1, -0.05) is 48.0 Å². The number of anilines is 1. The smallest absolute Gasteiger partial charge is 0.0314 e. The second-order valence-corrected chi connectivity index (χ2v) is 4.36. The largest absolute Gasteiger partial charge is 0.399 e. The van der Waals surface area contributed by atoms with Gasteiger partial charge in [0.15, 0.2) is 0 Å². The molecule has 2 aromatic rings. The van der Waals surface area contributed by atoms with E-state index in [0.29, 0.717) is 0 Å². The molecule has 2 N–H and O–H groups in total. The monoisotopic (exact) mass is 223 g/mol. The van der Waals surface area contributed by atoms with E-state index in [1.807, 2.05) is 24.3 Å². The van der Waals surface area contributed by atoms with Crippen LogP contribution in [0.3, 0.4) is 0 Å². The topological polar surface area (TPSA) is 26.0 Å². The molecule has 0 atom stereocenters. The number of aryl methyl sites for hydroxylation is 2. The number of nitrogen functional groups attached to an aromatic ring is 1. The fourth-order valence-electron chi connectivity index (χ4n) is 1.81. The van der Waals surface area contributed by atoms with Gasteiger partial charge in [0.2, 0.25) is 0 Å². The van der Waals surface area contributed by atoms with Crippen LogP contribution in [0, 0.1) is 13.8 Å². The third-order valence-electron chi connectivity index (χ3n) is 2.82. The zero-order valence-electron chi connectivity index (χ0n) is 10.3. The molecule has 0 unspecified atom stereocenters. The van der Waals surface area contributed by atoms with Gasteiger partial charge in [0, 0.05) is 5.69 Å². The highest BCUT2D eigenvalue weighted by atomic mass is 14.5. The quantitative estimate of drug-likeness (QED) is 0.603. The van der Waals surface area contributed by atoms with Crippen LogP contribution < -0.4 is 5.73 Å². The van der Waals surface area contributed by atoms with Gasteiger partial charge in [-0.15, -0.1) is 0 Å². The van der Waals surface area contributed by atoms with Crippen LogP contribution in [0.5, 0.6) is 0 Å². The van der Waals surface area contributed by atoms with Crippen LogP contribution in [0.15, 0.2) is 42.5 Å². The van der Waals surface area contributed by atoms with Crippen LogP contribution in [-0.2, 0) is 0 Å². The molecule has 0 aliphatic carbocycles. The van der Waals surface area contributed by atoms with Crippen LogP contribution in [0.1, 0.15) is 22.3 Å². The molecule has 0 spiro atoms. The van der Waals surface area contributed by atoms with E-state index in [0.717, 1.165) is 5.69 Å². The first-order valence-corrected chi connectivity index (χ1v) is 5.76. The molecule has 0 bridgehead atoms. The summed E-state index contributed by atoms with van der Waals surface area (Å²) in [5.41, 5.74) is 11.5. The predicted octanol–water partition coefficient (Wildman–Crippen LogP) is 4.06. The molecule has 86 valence electrons. The van der Waals surface area contributed by atoms with Crippen LogP contribution in [0.25, 0.3) is 12.2 Å². The Morgan fingerprint density at radius 3 is 2.24 bits per heavy atom. The highest BCUT2D eigenvalue weighted by Gasteiger charge is 1.94. The van der Waals surface area contributed by atoms with Gasteiger partial charge in [0.25, 0.3) is 0 Å². The molecular formula is C16H17N. The van der Waals surface area contributed by atoms with Crippen molar-refractivity contribution in [3.05, 3.63) is 64.7 Å². The van der Waals surface area contributed by atoms with E-state index in [9.17, 15) is 0 Å². The van der Waals surface area contributed by atoms with E-state index in [2.05, 4.69) is 44.2 Å². The summed E-state index contributed by atoms with van der Waals surface area (Å²) in [6.07, 6.45) is 4.25. The van der Waals surface area contributed by atoms with Gasteiger partial charge >= 0.3 is 0 Å². The molecule has 17 heavy (non-hydrogen) atoms. The minimum Gasteiger partial charge on any atom is -0.399 e. The Hall–Kier alpha value is -2.02. The van der Waals surface area contributed by atoms with Crippen molar-refractivity contribution >= 4 is 17.8 Å². The Kier molecular flexibility index (Phi) is 3.29. The van der Waals surface area contributed by atoms with E-state index in [1.165, 1.54) is 22.3 Å². The Bertz CT molecular complexity index is 536. The highest BCUT2D eigenvalue weighted by molar-refractivity contribution is 5.71. The van der Waals surface area contributed by atoms with Gasteiger partial charge in [-0.3, -0.25) is 0 Å². The molecule has 0 heterocycles. The lowest BCUT2D eigenvalue weighted by Gasteiger charge is -2.01. The van der Waals surface area contributed by atoms with Crippen LogP contribution in [0.2, 0.25) is 0 Å². The average molecular weight is 223 g/mol. The molecule has 0 amide bonds. The number of benzene rings is 2. The van der Waals surface area contributed by atoms with Gasteiger partial charge in [-0.2, -0.15) is 0 Å². The summed E-state index contributed by atoms with van der Waals surface area (Å²) in [5.74, 6) is 0. The Morgan fingerprint density at radius 2 is 1.59 bits per heavy atom. The second kappa shape index (κ2) is 4.88. The summed E-state index contributed by atoms with van der Waals surface area (Å²) in [4.78, 5) is 0. The normalized spacial score (nSPS) is 10.9. The summed E-state index contributed by atoms with van der Waals surface area (Å²) >= 11 is 0. The SMILES string of the molecule is Cc1ccc(C=Cc2ccc(N)cc2)c(C)c1. The van der Waals surface area contributed by atoms with Crippen LogP contribution >= 0.6 is 0 Å². The number of hydrogen-bond donors (Lipinski definition) is 1. The fraction of sp³-hybridized carbons (Fsp3) is 0.125. The van der Waals surface area contributed by atoms with Crippen molar-refractivity contribution in [1.29, 1.82) is 0 Å². The first-order chi connectivity index (χ1) is 8.15. The average Bonchev–Trinajstić information content (AvgIpc) is 2.30. The summed E-state index contributed by atoms with van der Waals surface area (Å²) in [7, 11) is 0. The van der Waals surface area contributed by atoms with Crippen molar-refractivity contribution in [2.75, 3.05) is 5.73 Å². The van der Waals surface area contributed by atoms with E-state index >= 15 is 0 Å². The fourth-order valence-corrected chi connectivity index (χ4v) is 1.81. The molecule has 1 heteroatoms. The molecule has 0 aromatic heterocycles. The molecule has 0 aliphatic rings.